The summed E-state index contributed by atoms with van der Waals surface area (Å²) >= 11 is 0. The van der Waals surface area contributed by atoms with Gasteiger partial charge in [-0.1, -0.05) is 18.2 Å². The normalized spacial score (nSPS) is 9.94. The summed E-state index contributed by atoms with van der Waals surface area (Å²) in [5.74, 6) is 1.68. The van der Waals surface area contributed by atoms with Crippen LogP contribution in [0, 0.1) is 0 Å². The maximum Gasteiger partial charge on any atom is 0.132 e. The van der Waals surface area contributed by atoms with Crippen molar-refractivity contribution in [3.63, 3.8) is 0 Å². The van der Waals surface area contributed by atoms with Crippen molar-refractivity contribution < 1.29 is 0 Å². The van der Waals surface area contributed by atoms with Crippen LogP contribution < -0.4 is 15.5 Å². The minimum atomic E-state index is 0.830. The highest BCUT2D eigenvalue weighted by Gasteiger charge is 2.04. The Labute approximate surface area is 108 Å². The van der Waals surface area contributed by atoms with E-state index in [2.05, 4.69) is 26.6 Å². The molecule has 0 aliphatic heterocycles. The summed E-state index contributed by atoms with van der Waals surface area (Å²) in [5.41, 5.74) is 2.18. The van der Waals surface area contributed by atoms with E-state index in [9.17, 15) is 0 Å². The van der Waals surface area contributed by atoms with Crippen molar-refractivity contribution in [3.8, 4) is 0 Å². The van der Waals surface area contributed by atoms with Crippen LogP contribution in [0.4, 0.5) is 23.0 Å². The summed E-state index contributed by atoms with van der Waals surface area (Å²) in [6.45, 7) is 0. The van der Waals surface area contributed by atoms with Gasteiger partial charge in [-0.3, -0.25) is 0 Å². The van der Waals surface area contributed by atoms with Gasteiger partial charge in [0.15, 0.2) is 0 Å². The fourth-order valence-corrected chi connectivity index (χ4v) is 1.75. The first kappa shape index (κ1) is 12.2. The molecule has 4 heteroatoms. The third-order valence-corrected chi connectivity index (χ3v) is 2.65. The third kappa shape index (κ3) is 2.71. The molecule has 0 amide bonds. The molecule has 1 aromatic carbocycles. The standard InChI is InChI=1S/C14H18N4/c1-15-13-9-6-10-14(17-13)16-11-7-4-5-8-12(11)18(2)3/h4-10H,1-3H3,(H2,15,16,17). The highest BCUT2D eigenvalue weighted by atomic mass is 15.1. The highest BCUT2D eigenvalue weighted by Crippen LogP contribution is 2.26. The van der Waals surface area contributed by atoms with Crippen LogP contribution in [0.2, 0.25) is 0 Å². The highest BCUT2D eigenvalue weighted by molar-refractivity contribution is 5.74. The molecule has 0 saturated carbocycles. The zero-order valence-corrected chi connectivity index (χ0v) is 10.9. The van der Waals surface area contributed by atoms with Crippen LogP contribution in [-0.2, 0) is 0 Å². The molecule has 0 aliphatic rings. The maximum absolute atomic E-state index is 4.45. The molecule has 2 aromatic rings. The Hall–Kier alpha value is -2.23. The van der Waals surface area contributed by atoms with Gasteiger partial charge in [-0.2, -0.15) is 0 Å². The number of hydrogen-bond acceptors (Lipinski definition) is 4. The Balaban J connectivity index is 2.28. The second kappa shape index (κ2) is 5.40. The first-order valence-corrected chi connectivity index (χ1v) is 5.89. The zero-order chi connectivity index (χ0) is 13.0. The van der Waals surface area contributed by atoms with Crippen molar-refractivity contribution in [2.45, 2.75) is 0 Å². The summed E-state index contributed by atoms with van der Waals surface area (Å²) in [7, 11) is 5.91. The predicted octanol–water partition coefficient (Wildman–Crippen LogP) is 2.93. The van der Waals surface area contributed by atoms with E-state index in [1.54, 1.807) is 0 Å². The van der Waals surface area contributed by atoms with E-state index < -0.39 is 0 Å². The van der Waals surface area contributed by atoms with E-state index in [1.165, 1.54) is 0 Å². The van der Waals surface area contributed by atoms with Gasteiger partial charge in [0.2, 0.25) is 0 Å². The molecular weight excluding hydrogens is 224 g/mol. The molecule has 0 saturated heterocycles. The lowest BCUT2D eigenvalue weighted by atomic mass is 10.2. The average molecular weight is 242 g/mol. The van der Waals surface area contributed by atoms with Crippen molar-refractivity contribution in [1.82, 2.24) is 4.98 Å². The van der Waals surface area contributed by atoms with Crippen molar-refractivity contribution in [3.05, 3.63) is 42.5 Å². The van der Waals surface area contributed by atoms with E-state index in [0.717, 1.165) is 23.0 Å². The second-order valence-corrected chi connectivity index (χ2v) is 4.19. The Morgan fingerprint density at radius 1 is 0.944 bits per heavy atom. The van der Waals surface area contributed by atoms with Gasteiger partial charge in [-0.25, -0.2) is 4.98 Å². The molecular formula is C14H18N4. The largest absolute Gasteiger partial charge is 0.376 e. The van der Waals surface area contributed by atoms with Crippen LogP contribution in [-0.4, -0.2) is 26.1 Å². The number of para-hydroxylation sites is 2. The number of nitrogens with one attached hydrogen (secondary N) is 2. The molecule has 2 N–H and O–H groups in total. The van der Waals surface area contributed by atoms with Crippen molar-refractivity contribution in [2.24, 2.45) is 0 Å². The van der Waals surface area contributed by atoms with Crippen molar-refractivity contribution in [1.29, 1.82) is 0 Å². The first-order chi connectivity index (χ1) is 8.70. The fraction of sp³-hybridized carbons (Fsp3) is 0.214. The van der Waals surface area contributed by atoms with E-state index in [1.807, 2.05) is 57.5 Å². The Morgan fingerprint density at radius 2 is 1.67 bits per heavy atom. The van der Waals surface area contributed by atoms with Gasteiger partial charge in [0.1, 0.15) is 11.6 Å². The molecule has 4 nitrogen and oxygen atoms in total. The molecule has 0 fully saturated rings. The monoisotopic (exact) mass is 242 g/mol. The smallest absolute Gasteiger partial charge is 0.132 e. The number of nitrogens with zero attached hydrogens (tertiary/aromatic N) is 2. The molecule has 18 heavy (non-hydrogen) atoms. The predicted molar refractivity (Wildman–Crippen MR) is 77.8 cm³/mol. The van der Waals surface area contributed by atoms with Crippen LogP contribution in [0.1, 0.15) is 0 Å². The van der Waals surface area contributed by atoms with E-state index in [-0.39, 0.29) is 0 Å². The van der Waals surface area contributed by atoms with Gasteiger partial charge >= 0.3 is 0 Å². The third-order valence-electron chi connectivity index (χ3n) is 2.65. The van der Waals surface area contributed by atoms with Crippen molar-refractivity contribution in [2.75, 3.05) is 36.7 Å². The van der Waals surface area contributed by atoms with Crippen LogP contribution in [0.15, 0.2) is 42.5 Å². The summed E-state index contributed by atoms with van der Waals surface area (Å²) in [6.07, 6.45) is 0. The number of benzene rings is 1. The second-order valence-electron chi connectivity index (χ2n) is 4.19. The Morgan fingerprint density at radius 3 is 2.39 bits per heavy atom. The van der Waals surface area contributed by atoms with Gasteiger partial charge in [-0.15, -0.1) is 0 Å². The van der Waals surface area contributed by atoms with Gasteiger partial charge in [0.05, 0.1) is 11.4 Å². The first-order valence-electron chi connectivity index (χ1n) is 5.89. The van der Waals surface area contributed by atoms with Gasteiger partial charge < -0.3 is 15.5 Å². The minimum absolute atomic E-state index is 0.830. The topological polar surface area (TPSA) is 40.2 Å². The van der Waals surface area contributed by atoms with Gasteiger partial charge in [0, 0.05) is 21.1 Å². The molecule has 94 valence electrons. The van der Waals surface area contributed by atoms with Gasteiger partial charge in [-0.05, 0) is 24.3 Å². The molecule has 0 spiro atoms. The quantitative estimate of drug-likeness (QED) is 0.865. The average Bonchev–Trinajstić information content (AvgIpc) is 2.39. The van der Waals surface area contributed by atoms with Gasteiger partial charge in [0.25, 0.3) is 0 Å². The lowest BCUT2D eigenvalue weighted by Crippen LogP contribution is -2.11. The van der Waals surface area contributed by atoms with Crippen LogP contribution >= 0.6 is 0 Å². The molecule has 0 unspecified atom stereocenters. The SMILES string of the molecule is CNc1cccc(Nc2ccccc2N(C)C)n1. The summed E-state index contributed by atoms with van der Waals surface area (Å²) < 4.78 is 0. The molecule has 0 aliphatic carbocycles. The summed E-state index contributed by atoms with van der Waals surface area (Å²) in [5, 5.41) is 6.36. The Kier molecular flexibility index (Phi) is 3.67. The number of rotatable bonds is 4. The number of pyridine rings is 1. The van der Waals surface area contributed by atoms with E-state index >= 15 is 0 Å². The maximum atomic E-state index is 4.45. The number of aromatic nitrogens is 1. The number of anilines is 4. The lowest BCUT2D eigenvalue weighted by Gasteiger charge is -2.18. The lowest BCUT2D eigenvalue weighted by molar-refractivity contribution is 1.13. The minimum Gasteiger partial charge on any atom is -0.376 e. The van der Waals surface area contributed by atoms with E-state index in [0.29, 0.717) is 0 Å². The molecule has 0 atom stereocenters. The van der Waals surface area contributed by atoms with Crippen LogP contribution in [0.3, 0.4) is 0 Å². The molecule has 0 bridgehead atoms. The zero-order valence-electron chi connectivity index (χ0n) is 10.9. The van der Waals surface area contributed by atoms with E-state index in [4.69, 9.17) is 0 Å². The Bertz CT molecular complexity index is 523. The van der Waals surface area contributed by atoms with Crippen molar-refractivity contribution >= 4 is 23.0 Å². The molecule has 1 aromatic heterocycles. The van der Waals surface area contributed by atoms with Crippen LogP contribution in [0.25, 0.3) is 0 Å². The molecule has 1 heterocycles. The summed E-state index contributed by atoms with van der Waals surface area (Å²) in [6, 6.07) is 14.0. The summed E-state index contributed by atoms with van der Waals surface area (Å²) in [4.78, 5) is 6.52. The molecule has 2 rings (SSSR count). The number of hydrogen-bond donors (Lipinski definition) is 2. The van der Waals surface area contributed by atoms with Crippen LogP contribution in [0.5, 0.6) is 0 Å². The fourth-order valence-electron chi connectivity index (χ4n) is 1.75. The molecule has 0 radical (unpaired) electrons.